The highest BCUT2D eigenvalue weighted by atomic mass is 16.6. The minimum absolute atomic E-state index is 0.0508. The number of amides is 1. The van der Waals surface area contributed by atoms with Crippen LogP contribution in [0.15, 0.2) is 42.9 Å². The van der Waals surface area contributed by atoms with Crippen molar-refractivity contribution >= 4 is 17.5 Å². The second-order valence-electron chi connectivity index (χ2n) is 4.59. The zero-order valence-corrected chi connectivity index (χ0v) is 11.7. The van der Waals surface area contributed by atoms with Gasteiger partial charge in [0.2, 0.25) is 11.6 Å². The van der Waals surface area contributed by atoms with Gasteiger partial charge >= 0.3 is 5.69 Å². The van der Waals surface area contributed by atoms with Crippen LogP contribution in [0.3, 0.4) is 0 Å². The number of carbonyl (C=O) groups excluding carboxylic acids is 1. The lowest BCUT2D eigenvalue weighted by Gasteiger charge is -2.00. The molecule has 1 aromatic carbocycles. The van der Waals surface area contributed by atoms with Crippen molar-refractivity contribution in [2.75, 3.05) is 5.32 Å². The number of anilines is 1. The third kappa shape index (κ3) is 3.20. The van der Waals surface area contributed by atoms with E-state index in [0.29, 0.717) is 6.54 Å². The summed E-state index contributed by atoms with van der Waals surface area (Å²) in [6.07, 6.45) is 2.43. The molecule has 2 N–H and O–H groups in total. The monoisotopic (exact) mass is 313 g/mol. The molecule has 0 unspecified atom stereocenters. The lowest BCUT2D eigenvalue weighted by Crippen LogP contribution is -2.15. The number of carbonyl (C=O) groups is 1. The van der Waals surface area contributed by atoms with Gasteiger partial charge in [-0.3, -0.25) is 25.3 Å². The lowest BCUT2D eigenvalue weighted by molar-refractivity contribution is -0.385. The highest BCUT2D eigenvalue weighted by Gasteiger charge is 2.23. The van der Waals surface area contributed by atoms with Crippen molar-refractivity contribution in [2.24, 2.45) is 0 Å². The van der Waals surface area contributed by atoms with Crippen molar-refractivity contribution in [3.8, 4) is 0 Å². The van der Waals surface area contributed by atoms with Crippen LogP contribution >= 0.6 is 0 Å². The molecule has 0 aliphatic heterocycles. The van der Waals surface area contributed by atoms with Gasteiger partial charge < -0.3 is 0 Å². The Hall–Kier alpha value is -3.56. The molecule has 2 heterocycles. The molecule has 0 fully saturated rings. The van der Waals surface area contributed by atoms with Crippen LogP contribution in [0.25, 0.3) is 0 Å². The summed E-state index contributed by atoms with van der Waals surface area (Å²) >= 11 is 0. The predicted molar refractivity (Wildman–Crippen MR) is 78.8 cm³/mol. The summed E-state index contributed by atoms with van der Waals surface area (Å²) in [6, 6.07) is 9.61. The summed E-state index contributed by atoms with van der Waals surface area (Å²) in [5.74, 6) is -0.679. The number of H-pyrrole nitrogens is 1. The van der Waals surface area contributed by atoms with Crippen molar-refractivity contribution in [2.45, 2.75) is 6.54 Å². The van der Waals surface area contributed by atoms with Crippen LogP contribution in [-0.2, 0) is 6.54 Å². The molecule has 0 aliphatic carbocycles. The molecule has 0 spiro atoms. The van der Waals surface area contributed by atoms with Crippen molar-refractivity contribution in [3.05, 3.63) is 64.2 Å². The fourth-order valence-electron chi connectivity index (χ4n) is 1.95. The Balaban J connectivity index is 1.70. The van der Waals surface area contributed by atoms with E-state index in [0.717, 1.165) is 11.8 Å². The van der Waals surface area contributed by atoms with E-state index in [1.807, 2.05) is 30.3 Å². The molecule has 1 amide bonds. The van der Waals surface area contributed by atoms with E-state index in [4.69, 9.17) is 0 Å². The highest BCUT2D eigenvalue weighted by molar-refractivity contribution is 6.04. The predicted octanol–water partition coefficient (Wildman–Crippen LogP) is 1.21. The summed E-state index contributed by atoms with van der Waals surface area (Å²) in [7, 11) is 0. The van der Waals surface area contributed by atoms with E-state index in [2.05, 4.69) is 25.6 Å². The van der Waals surface area contributed by atoms with Gasteiger partial charge in [0, 0.05) is 0 Å². The van der Waals surface area contributed by atoms with Crippen LogP contribution in [0, 0.1) is 10.1 Å². The minimum Gasteiger partial charge on any atom is -0.288 e. The number of rotatable bonds is 5. The Morgan fingerprint density at radius 1 is 1.35 bits per heavy atom. The first-order valence-corrected chi connectivity index (χ1v) is 6.56. The van der Waals surface area contributed by atoms with Crippen LogP contribution in [-0.4, -0.2) is 35.8 Å². The van der Waals surface area contributed by atoms with Crippen LogP contribution in [0.4, 0.5) is 11.6 Å². The van der Waals surface area contributed by atoms with Crippen molar-refractivity contribution in [1.82, 2.24) is 25.0 Å². The minimum atomic E-state index is -0.730. The molecule has 2 aromatic heterocycles. The van der Waals surface area contributed by atoms with Gasteiger partial charge in [-0.1, -0.05) is 30.3 Å². The molecule has 3 rings (SSSR count). The smallest absolute Gasteiger partial charge is 0.288 e. The molecule has 0 radical (unpaired) electrons. The summed E-state index contributed by atoms with van der Waals surface area (Å²) in [5.41, 5.74) is 0.361. The van der Waals surface area contributed by atoms with Crippen molar-refractivity contribution in [1.29, 1.82) is 0 Å². The maximum Gasteiger partial charge on any atom is 0.319 e. The van der Waals surface area contributed by atoms with E-state index >= 15 is 0 Å². The fourth-order valence-corrected chi connectivity index (χ4v) is 1.95. The van der Waals surface area contributed by atoms with Crippen LogP contribution in [0.5, 0.6) is 0 Å². The molecule has 0 saturated heterocycles. The zero-order chi connectivity index (χ0) is 16.2. The topological polar surface area (TPSA) is 132 Å². The largest absolute Gasteiger partial charge is 0.319 e. The molecule has 23 heavy (non-hydrogen) atoms. The molecule has 116 valence electrons. The van der Waals surface area contributed by atoms with Gasteiger partial charge in [0.15, 0.2) is 0 Å². The fraction of sp³-hybridized carbons (Fsp3) is 0.0769. The number of aromatic amines is 1. The molecule has 0 aliphatic rings. The first-order valence-electron chi connectivity index (χ1n) is 6.56. The lowest BCUT2D eigenvalue weighted by atomic mass is 10.2. The molecule has 0 bridgehead atoms. The normalized spacial score (nSPS) is 10.4. The molecular weight excluding hydrogens is 302 g/mol. The molecule has 10 nitrogen and oxygen atoms in total. The van der Waals surface area contributed by atoms with Crippen LogP contribution in [0.2, 0.25) is 0 Å². The SMILES string of the molecule is O=C(Nc1ncn(Cc2ccccc2)n1)c1[nH]ncc1[N+](=O)[O-]. The molecule has 0 saturated carbocycles. The van der Waals surface area contributed by atoms with Gasteiger partial charge in [-0.25, -0.2) is 9.67 Å². The second kappa shape index (κ2) is 6.05. The molecule has 3 aromatic rings. The summed E-state index contributed by atoms with van der Waals surface area (Å²) in [4.78, 5) is 26.0. The van der Waals surface area contributed by atoms with E-state index in [1.54, 1.807) is 4.68 Å². The summed E-state index contributed by atoms with van der Waals surface area (Å²) in [5, 5.41) is 23.0. The molecule has 10 heteroatoms. The Morgan fingerprint density at radius 2 is 2.13 bits per heavy atom. The van der Waals surface area contributed by atoms with Crippen molar-refractivity contribution in [3.63, 3.8) is 0 Å². The van der Waals surface area contributed by atoms with E-state index in [9.17, 15) is 14.9 Å². The number of nitro groups is 1. The standard InChI is InChI=1S/C13H11N7O3/c21-12(11-10(20(22)23)6-15-17-11)16-13-14-8-19(18-13)7-9-4-2-1-3-5-9/h1-6,8H,7H2,(H,15,17)(H,16,18,21). The van der Waals surface area contributed by atoms with Gasteiger partial charge in [-0.15, -0.1) is 5.10 Å². The Kier molecular flexibility index (Phi) is 3.78. The average molecular weight is 313 g/mol. The van der Waals surface area contributed by atoms with Crippen LogP contribution in [0.1, 0.15) is 16.1 Å². The van der Waals surface area contributed by atoms with E-state index < -0.39 is 16.5 Å². The third-order valence-electron chi connectivity index (χ3n) is 2.99. The van der Waals surface area contributed by atoms with Gasteiger partial charge in [-0.2, -0.15) is 5.10 Å². The number of benzene rings is 1. The van der Waals surface area contributed by atoms with Crippen molar-refractivity contribution < 1.29 is 9.72 Å². The maximum absolute atomic E-state index is 12.0. The number of nitrogens with one attached hydrogen (secondary N) is 2. The van der Waals surface area contributed by atoms with Gasteiger partial charge in [0.05, 0.1) is 11.5 Å². The Bertz CT molecular complexity index is 840. The van der Waals surface area contributed by atoms with Gasteiger partial charge in [0.25, 0.3) is 5.91 Å². The second-order valence-corrected chi connectivity index (χ2v) is 4.59. The van der Waals surface area contributed by atoms with E-state index in [-0.39, 0.29) is 11.6 Å². The summed E-state index contributed by atoms with van der Waals surface area (Å²) in [6.45, 7) is 0.494. The van der Waals surface area contributed by atoms with Gasteiger partial charge in [-0.05, 0) is 5.56 Å². The number of nitrogens with zero attached hydrogens (tertiary/aromatic N) is 5. The molecular formula is C13H11N7O3. The summed E-state index contributed by atoms with van der Waals surface area (Å²) < 4.78 is 1.55. The van der Waals surface area contributed by atoms with E-state index in [1.165, 1.54) is 6.33 Å². The quantitative estimate of drug-likeness (QED) is 0.537. The zero-order valence-electron chi connectivity index (χ0n) is 11.7. The van der Waals surface area contributed by atoms with Gasteiger partial charge in [0.1, 0.15) is 12.5 Å². The number of hydrogen-bond donors (Lipinski definition) is 2. The Morgan fingerprint density at radius 3 is 2.87 bits per heavy atom. The van der Waals surface area contributed by atoms with Crippen LogP contribution < -0.4 is 5.32 Å². The first-order chi connectivity index (χ1) is 11.1. The number of hydrogen-bond acceptors (Lipinski definition) is 6. The third-order valence-corrected chi connectivity index (χ3v) is 2.99. The Labute approximate surface area is 129 Å². The maximum atomic E-state index is 12.0. The average Bonchev–Trinajstić information content (AvgIpc) is 3.17. The molecule has 0 atom stereocenters. The first kappa shape index (κ1) is 14.4. The number of aromatic nitrogens is 5. The highest BCUT2D eigenvalue weighted by Crippen LogP contribution is 2.15.